The second-order valence-electron chi connectivity index (χ2n) is 4.34. The number of rotatable bonds is 6. The van der Waals surface area contributed by atoms with Crippen LogP contribution >= 0.6 is 0 Å². The fraction of sp³-hybridized carbons (Fsp3) is 0.188. The van der Waals surface area contributed by atoms with Gasteiger partial charge in [0.2, 0.25) is 0 Å². The summed E-state index contributed by atoms with van der Waals surface area (Å²) in [6.45, 7) is 0. The summed E-state index contributed by atoms with van der Waals surface area (Å²) in [6.07, 6.45) is 0.307. The van der Waals surface area contributed by atoms with Crippen LogP contribution in [0.4, 0.5) is 0 Å². The minimum absolute atomic E-state index is 0.00919. The van der Waals surface area contributed by atoms with Crippen LogP contribution in [0.3, 0.4) is 0 Å². The highest BCUT2D eigenvalue weighted by Crippen LogP contribution is 2.21. The van der Waals surface area contributed by atoms with Gasteiger partial charge in [0.05, 0.1) is 28.6 Å². The van der Waals surface area contributed by atoms with Crippen molar-refractivity contribution >= 4 is 16.6 Å². The Morgan fingerprint density at radius 1 is 1.05 bits per heavy atom. The first kappa shape index (κ1) is 14.5. The summed E-state index contributed by atoms with van der Waals surface area (Å²) in [5.74, 6) is 0.522. The maximum atomic E-state index is 12.2. The fourth-order valence-electron chi connectivity index (χ4n) is 1.91. The molecule has 0 saturated carbocycles. The van der Waals surface area contributed by atoms with Gasteiger partial charge in [-0.05, 0) is 17.7 Å². The van der Waals surface area contributed by atoms with Gasteiger partial charge < -0.3 is 4.74 Å². The highest BCUT2D eigenvalue weighted by molar-refractivity contribution is 7.85. The van der Waals surface area contributed by atoms with Gasteiger partial charge >= 0.3 is 0 Å². The van der Waals surface area contributed by atoms with E-state index >= 15 is 0 Å². The predicted octanol–water partition coefficient (Wildman–Crippen LogP) is 2.61. The first-order valence-corrected chi connectivity index (χ1v) is 7.59. The SMILES string of the molecule is COc1ccccc1S(=O)CC(=O)Cc1ccccc1. The van der Waals surface area contributed by atoms with Crippen molar-refractivity contribution in [2.45, 2.75) is 11.3 Å². The molecule has 1 atom stereocenters. The smallest absolute Gasteiger partial charge is 0.150 e. The van der Waals surface area contributed by atoms with Crippen molar-refractivity contribution in [3.8, 4) is 5.75 Å². The number of ketones is 1. The van der Waals surface area contributed by atoms with E-state index in [-0.39, 0.29) is 11.5 Å². The number of carbonyl (C=O) groups is 1. The quantitative estimate of drug-likeness (QED) is 0.820. The molecule has 4 heteroatoms. The highest BCUT2D eigenvalue weighted by Gasteiger charge is 2.14. The third-order valence-electron chi connectivity index (χ3n) is 2.85. The maximum Gasteiger partial charge on any atom is 0.150 e. The van der Waals surface area contributed by atoms with Gasteiger partial charge in [-0.2, -0.15) is 0 Å². The largest absolute Gasteiger partial charge is 0.495 e. The van der Waals surface area contributed by atoms with Gasteiger partial charge in [0, 0.05) is 6.42 Å². The number of ether oxygens (including phenoxy) is 1. The molecule has 0 aliphatic carbocycles. The number of hydrogen-bond acceptors (Lipinski definition) is 3. The molecule has 0 saturated heterocycles. The molecule has 104 valence electrons. The Morgan fingerprint density at radius 3 is 2.40 bits per heavy atom. The zero-order chi connectivity index (χ0) is 14.4. The lowest BCUT2D eigenvalue weighted by atomic mass is 10.1. The molecule has 0 N–H and O–H groups in total. The van der Waals surface area contributed by atoms with Crippen LogP contribution in [0.15, 0.2) is 59.5 Å². The van der Waals surface area contributed by atoms with Gasteiger partial charge in [0.1, 0.15) is 11.5 Å². The van der Waals surface area contributed by atoms with Crippen LogP contribution in [0.25, 0.3) is 0 Å². The lowest BCUT2D eigenvalue weighted by Gasteiger charge is -2.07. The number of hydrogen-bond donors (Lipinski definition) is 0. The van der Waals surface area contributed by atoms with Crippen molar-refractivity contribution in [2.24, 2.45) is 0 Å². The third kappa shape index (κ3) is 3.78. The highest BCUT2D eigenvalue weighted by atomic mass is 32.2. The summed E-state index contributed by atoms with van der Waals surface area (Å²) in [5, 5.41) is 0. The van der Waals surface area contributed by atoms with E-state index in [9.17, 15) is 9.00 Å². The van der Waals surface area contributed by atoms with E-state index in [1.54, 1.807) is 18.2 Å². The minimum Gasteiger partial charge on any atom is -0.495 e. The molecule has 0 fully saturated rings. The zero-order valence-corrected chi connectivity index (χ0v) is 12.1. The van der Waals surface area contributed by atoms with Crippen LogP contribution in [-0.4, -0.2) is 22.9 Å². The van der Waals surface area contributed by atoms with E-state index in [4.69, 9.17) is 4.74 Å². The number of methoxy groups -OCH3 is 1. The van der Waals surface area contributed by atoms with Crippen LogP contribution in [0.5, 0.6) is 5.75 Å². The summed E-state index contributed by atoms with van der Waals surface area (Å²) >= 11 is 0. The van der Waals surface area contributed by atoms with Crippen molar-refractivity contribution < 1.29 is 13.7 Å². The summed E-state index contributed by atoms with van der Waals surface area (Å²) in [6, 6.07) is 16.5. The molecule has 1 unspecified atom stereocenters. The normalized spacial score (nSPS) is 11.8. The minimum atomic E-state index is -1.37. The summed E-state index contributed by atoms with van der Waals surface area (Å²) < 4.78 is 17.4. The molecule has 2 aromatic carbocycles. The van der Waals surface area contributed by atoms with Crippen LogP contribution in [0.1, 0.15) is 5.56 Å². The van der Waals surface area contributed by atoms with Crippen molar-refractivity contribution in [3.05, 3.63) is 60.2 Å². The van der Waals surface area contributed by atoms with Crippen LogP contribution in [-0.2, 0) is 22.0 Å². The second kappa shape index (κ2) is 7.01. The predicted molar refractivity (Wildman–Crippen MR) is 79.4 cm³/mol. The van der Waals surface area contributed by atoms with E-state index in [0.717, 1.165) is 5.56 Å². The van der Waals surface area contributed by atoms with Crippen molar-refractivity contribution in [1.29, 1.82) is 0 Å². The van der Waals surface area contributed by atoms with Crippen molar-refractivity contribution in [1.82, 2.24) is 0 Å². The zero-order valence-electron chi connectivity index (χ0n) is 11.2. The van der Waals surface area contributed by atoms with Crippen LogP contribution < -0.4 is 4.74 Å². The molecular formula is C16H16O3S. The van der Waals surface area contributed by atoms with Gasteiger partial charge in [-0.25, -0.2) is 0 Å². The van der Waals surface area contributed by atoms with Gasteiger partial charge in [-0.1, -0.05) is 42.5 Å². The Labute approximate surface area is 121 Å². The van der Waals surface area contributed by atoms with Crippen molar-refractivity contribution in [2.75, 3.05) is 12.9 Å². The maximum absolute atomic E-state index is 12.2. The lowest BCUT2D eigenvalue weighted by molar-refractivity contribution is -0.116. The Hall–Kier alpha value is -1.94. The first-order chi connectivity index (χ1) is 9.70. The second-order valence-corrected chi connectivity index (χ2v) is 5.76. The molecule has 0 spiro atoms. The van der Waals surface area contributed by atoms with E-state index in [1.165, 1.54) is 7.11 Å². The topological polar surface area (TPSA) is 43.4 Å². The molecule has 20 heavy (non-hydrogen) atoms. The van der Waals surface area contributed by atoms with E-state index in [0.29, 0.717) is 17.1 Å². The Balaban J connectivity index is 2.02. The molecule has 0 aliphatic rings. The Morgan fingerprint density at radius 2 is 1.70 bits per heavy atom. The standard InChI is InChI=1S/C16H16O3S/c1-19-15-9-5-6-10-16(15)20(18)12-14(17)11-13-7-3-2-4-8-13/h2-10H,11-12H2,1H3. The summed E-state index contributed by atoms with van der Waals surface area (Å²) in [7, 11) is 0.156. The molecule has 2 aromatic rings. The molecule has 0 aliphatic heterocycles. The molecule has 3 nitrogen and oxygen atoms in total. The molecule has 2 rings (SSSR count). The van der Waals surface area contributed by atoms with E-state index < -0.39 is 10.8 Å². The van der Waals surface area contributed by atoms with E-state index in [2.05, 4.69) is 0 Å². The molecule has 0 amide bonds. The monoisotopic (exact) mass is 288 g/mol. The fourth-order valence-corrected chi connectivity index (χ4v) is 3.06. The van der Waals surface area contributed by atoms with Crippen molar-refractivity contribution in [3.63, 3.8) is 0 Å². The first-order valence-electron chi connectivity index (χ1n) is 6.27. The van der Waals surface area contributed by atoms with Gasteiger partial charge in [0.15, 0.2) is 0 Å². The van der Waals surface area contributed by atoms with Gasteiger partial charge in [-0.15, -0.1) is 0 Å². The summed E-state index contributed by atoms with van der Waals surface area (Å²) in [5.41, 5.74) is 0.939. The molecule has 0 bridgehead atoms. The Bertz CT molecular complexity index is 608. The lowest BCUT2D eigenvalue weighted by Crippen LogP contribution is -2.13. The van der Waals surface area contributed by atoms with Gasteiger partial charge in [-0.3, -0.25) is 9.00 Å². The third-order valence-corrected chi connectivity index (χ3v) is 4.26. The average Bonchev–Trinajstić information content (AvgIpc) is 2.48. The number of carbonyl (C=O) groups excluding carboxylic acids is 1. The molecule has 0 radical (unpaired) electrons. The van der Waals surface area contributed by atoms with Crippen LogP contribution in [0, 0.1) is 0 Å². The number of benzene rings is 2. The number of Topliss-reactive ketones (excluding diaryl/α,β-unsaturated/α-hetero) is 1. The summed E-state index contributed by atoms with van der Waals surface area (Å²) in [4.78, 5) is 12.5. The molecule has 0 heterocycles. The molecule has 0 aromatic heterocycles. The molecular weight excluding hydrogens is 272 g/mol. The van der Waals surface area contributed by atoms with E-state index in [1.807, 2.05) is 36.4 Å². The number of para-hydroxylation sites is 1. The van der Waals surface area contributed by atoms with Gasteiger partial charge in [0.25, 0.3) is 0 Å². The Kier molecular flexibility index (Phi) is 5.07. The van der Waals surface area contributed by atoms with Crippen LogP contribution in [0.2, 0.25) is 0 Å². The average molecular weight is 288 g/mol.